The largest absolute Gasteiger partial charge is 0.450 e. The van der Waals surface area contributed by atoms with Gasteiger partial charge < -0.3 is 9.47 Å². The molecular weight excluding hydrogens is 673 g/mol. The van der Waals surface area contributed by atoms with Crippen molar-refractivity contribution in [3.8, 4) is 67.9 Å². The van der Waals surface area contributed by atoms with Crippen LogP contribution in [0.1, 0.15) is 22.3 Å². The van der Waals surface area contributed by atoms with Crippen molar-refractivity contribution >= 4 is 10.9 Å². The molecule has 0 atom stereocenters. The van der Waals surface area contributed by atoms with Gasteiger partial charge in [0.1, 0.15) is 0 Å². The lowest BCUT2D eigenvalue weighted by molar-refractivity contribution is 0.359. The molecule has 0 fully saturated rings. The van der Waals surface area contributed by atoms with Crippen molar-refractivity contribution in [3.63, 3.8) is 0 Å². The van der Waals surface area contributed by atoms with Gasteiger partial charge in [-0.25, -0.2) is 9.97 Å². The van der Waals surface area contributed by atoms with Crippen LogP contribution in [0.25, 0.3) is 55.8 Å². The molecule has 9 aromatic rings. The van der Waals surface area contributed by atoms with Gasteiger partial charge in [-0.2, -0.15) is 0 Å². The van der Waals surface area contributed by atoms with Gasteiger partial charge in [-0.15, -0.1) is 0 Å². The maximum absolute atomic E-state index is 6.80. The third kappa shape index (κ3) is 4.85. The van der Waals surface area contributed by atoms with Crippen molar-refractivity contribution in [1.29, 1.82) is 0 Å². The van der Waals surface area contributed by atoms with Crippen molar-refractivity contribution in [3.05, 3.63) is 216 Å². The average Bonchev–Trinajstić information content (AvgIpc) is 3.55. The van der Waals surface area contributed by atoms with E-state index in [4.69, 9.17) is 19.4 Å². The molecule has 0 radical (unpaired) electrons. The van der Waals surface area contributed by atoms with E-state index in [9.17, 15) is 0 Å². The Kier molecular flexibility index (Phi) is 7.04. The molecular formula is C51H32N2O2. The summed E-state index contributed by atoms with van der Waals surface area (Å²) in [5.74, 6) is 3.43. The lowest BCUT2D eigenvalue weighted by atomic mass is 9.67. The quantitative estimate of drug-likeness (QED) is 0.179. The van der Waals surface area contributed by atoms with Gasteiger partial charge >= 0.3 is 0 Å². The molecule has 4 heteroatoms. The van der Waals surface area contributed by atoms with Crippen LogP contribution in [0.4, 0.5) is 0 Å². The normalized spacial score (nSPS) is 13.2. The van der Waals surface area contributed by atoms with Crippen LogP contribution in [0.5, 0.6) is 23.0 Å². The predicted molar refractivity (Wildman–Crippen MR) is 220 cm³/mol. The minimum absolute atomic E-state index is 0.522. The molecule has 0 unspecified atom stereocenters. The van der Waals surface area contributed by atoms with E-state index >= 15 is 0 Å². The van der Waals surface area contributed by atoms with E-state index in [0.29, 0.717) is 28.8 Å². The molecule has 2 aliphatic rings. The zero-order chi connectivity index (χ0) is 36.3. The fraction of sp³-hybridized carbons (Fsp3) is 0.0196. The van der Waals surface area contributed by atoms with Crippen molar-refractivity contribution in [2.45, 2.75) is 5.41 Å². The van der Waals surface area contributed by atoms with Gasteiger partial charge in [0.15, 0.2) is 28.8 Å². The molecule has 0 spiro atoms. The monoisotopic (exact) mass is 704 g/mol. The summed E-state index contributed by atoms with van der Waals surface area (Å²) in [5, 5.41) is 0.998. The first-order valence-corrected chi connectivity index (χ1v) is 18.6. The maximum atomic E-state index is 6.80. The number of benzene rings is 8. The molecule has 0 N–H and O–H groups in total. The molecule has 258 valence electrons. The van der Waals surface area contributed by atoms with Crippen LogP contribution in [-0.4, -0.2) is 9.97 Å². The molecule has 1 aliphatic heterocycles. The first-order chi connectivity index (χ1) is 27.3. The Morgan fingerprint density at radius 2 is 0.945 bits per heavy atom. The Hall–Kier alpha value is -7.30. The molecule has 0 amide bonds. The average molecular weight is 705 g/mol. The van der Waals surface area contributed by atoms with Gasteiger partial charge in [0.05, 0.1) is 16.6 Å². The van der Waals surface area contributed by atoms with Crippen LogP contribution >= 0.6 is 0 Å². The number of hydrogen-bond donors (Lipinski definition) is 0. The highest BCUT2D eigenvalue weighted by atomic mass is 16.6. The summed E-state index contributed by atoms with van der Waals surface area (Å²) in [6.07, 6.45) is 0. The van der Waals surface area contributed by atoms with E-state index in [2.05, 4.69) is 158 Å². The molecule has 2 heterocycles. The minimum atomic E-state index is -0.522. The fourth-order valence-electron chi connectivity index (χ4n) is 8.62. The van der Waals surface area contributed by atoms with Gasteiger partial charge in [0.2, 0.25) is 0 Å². The van der Waals surface area contributed by atoms with Crippen molar-refractivity contribution < 1.29 is 9.47 Å². The van der Waals surface area contributed by atoms with Gasteiger partial charge in [-0.05, 0) is 74.8 Å². The number of fused-ring (bicyclic) bond motifs is 6. The van der Waals surface area contributed by atoms with Crippen LogP contribution in [0, 0.1) is 0 Å². The number of hydrogen-bond acceptors (Lipinski definition) is 4. The number of aromatic nitrogens is 2. The molecule has 55 heavy (non-hydrogen) atoms. The van der Waals surface area contributed by atoms with E-state index in [1.807, 2.05) is 36.4 Å². The Balaban J connectivity index is 1.04. The highest BCUT2D eigenvalue weighted by Gasteiger charge is 2.47. The smallest absolute Gasteiger partial charge is 0.170 e. The zero-order valence-corrected chi connectivity index (χ0v) is 29.7. The van der Waals surface area contributed by atoms with Crippen LogP contribution < -0.4 is 9.47 Å². The summed E-state index contributed by atoms with van der Waals surface area (Å²) in [6, 6.07) is 67.7. The summed E-state index contributed by atoms with van der Waals surface area (Å²) >= 11 is 0. The summed E-state index contributed by atoms with van der Waals surface area (Å²) in [7, 11) is 0. The lowest BCUT2D eigenvalue weighted by Crippen LogP contribution is -2.28. The van der Waals surface area contributed by atoms with E-state index in [0.717, 1.165) is 44.4 Å². The summed E-state index contributed by atoms with van der Waals surface area (Å²) in [5.41, 5.74) is 12.5. The van der Waals surface area contributed by atoms with Crippen LogP contribution in [0.15, 0.2) is 194 Å². The van der Waals surface area contributed by atoms with Gasteiger partial charge in [0, 0.05) is 16.5 Å². The molecule has 0 saturated carbocycles. The molecule has 4 nitrogen and oxygen atoms in total. The van der Waals surface area contributed by atoms with Crippen molar-refractivity contribution in [2.75, 3.05) is 0 Å². The zero-order valence-electron chi connectivity index (χ0n) is 29.7. The molecule has 0 saturated heterocycles. The second-order valence-electron chi connectivity index (χ2n) is 14.1. The molecule has 1 aliphatic carbocycles. The molecule has 11 rings (SSSR count). The standard InChI is InChI=1S/C51H32N2O2/c1-4-16-33(17-5-1)50-52-44-27-15-13-25-40(44)49(53-50)39-24-11-10-22-37(39)34-28-29-45-46(30-34)55-47-31-41-38-23-12-14-26-42(38)51(35-18-6-2-7-19-35,36-20-8-3-9-21-36)43(41)32-48(47)54-45/h1-32H. The summed E-state index contributed by atoms with van der Waals surface area (Å²) < 4.78 is 13.6. The third-order valence-corrected chi connectivity index (χ3v) is 11.0. The van der Waals surface area contributed by atoms with E-state index in [1.165, 1.54) is 27.8 Å². The Labute approximate surface area is 319 Å². The van der Waals surface area contributed by atoms with E-state index < -0.39 is 5.41 Å². The molecule has 0 bridgehead atoms. The SMILES string of the molecule is c1ccc(-c2nc(-c3ccccc3-c3ccc4c(c3)Oc3cc5c(cc3O4)C(c3ccccc3)(c3ccccc3)c3ccccc3-5)c3ccccc3n2)cc1. The Bertz CT molecular complexity index is 2880. The third-order valence-electron chi connectivity index (χ3n) is 11.0. The highest BCUT2D eigenvalue weighted by molar-refractivity contribution is 5.98. The van der Waals surface area contributed by atoms with Crippen molar-refractivity contribution in [1.82, 2.24) is 9.97 Å². The topological polar surface area (TPSA) is 44.2 Å². The van der Waals surface area contributed by atoms with Crippen LogP contribution in [0.2, 0.25) is 0 Å². The second-order valence-corrected chi connectivity index (χ2v) is 14.1. The van der Waals surface area contributed by atoms with Crippen molar-refractivity contribution in [2.24, 2.45) is 0 Å². The van der Waals surface area contributed by atoms with Gasteiger partial charge in [-0.1, -0.05) is 164 Å². The Morgan fingerprint density at radius 1 is 0.364 bits per heavy atom. The first kappa shape index (κ1) is 31.2. The highest BCUT2D eigenvalue weighted by Crippen LogP contribution is 2.60. The number of nitrogens with zero attached hydrogens (tertiary/aromatic N) is 2. The summed E-state index contributed by atoms with van der Waals surface area (Å²) in [4.78, 5) is 10.1. The van der Waals surface area contributed by atoms with E-state index in [-0.39, 0.29) is 0 Å². The van der Waals surface area contributed by atoms with Crippen LogP contribution in [0.3, 0.4) is 0 Å². The van der Waals surface area contributed by atoms with E-state index in [1.54, 1.807) is 0 Å². The first-order valence-electron chi connectivity index (χ1n) is 18.6. The maximum Gasteiger partial charge on any atom is 0.170 e. The minimum Gasteiger partial charge on any atom is -0.450 e. The van der Waals surface area contributed by atoms with Gasteiger partial charge in [-0.3, -0.25) is 0 Å². The fourth-order valence-corrected chi connectivity index (χ4v) is 8.62. The Morgan fingerprint density at radius 3 is 1.71 bits per heavy atom. The molecule has 8 aromatic carbocycles. The number of ether oxygens (including phenoxy) is 2. The van der Waals surface area contributed by atoms with Gasteiger partial charge in [0.25, 0.3) is 0 Å². The number of rotatable bonds is 5. The van der Waals surface area contributed by atoms with Crippen LogP contribution in [-0.2, 0) is 5.41 Å². The lowest BCUT2D eigenvalue weighted by Gasteiger charge is -2.34. The summed E-state index contributed by atoms with van der Waals surface area (Å²) in [6.45, 7) is 0. The second kappa shape index (κ2) is 12.4. The molecule has 1 aromatic heterocycles. The predicted octanol–water partition coefficient (Wildman–Crippen LogP) is 12.9. The number of para-hydroxylation sites is 1.